The van der Waals surface area contributed by atoms with E-state index in [0.29, 0.717) is 17.1 Å². The first-order valence-electron chi connectivity index (χ1n) is 5.71. The fraction of sp³-hybridized carbons (Fsp3) is 0.231. The molecule has 5 nitrogen and oxygen atoms in total. The Morgan fingerprint density at radius 2 is 1.76 bits per heavy atom. The van der Waals surface area contributed by atoms with E-state index in [4.69, 9.17) is 33.4 Å². The van der Waals surface area contributed by atoms with Crippen LogP contribution < -0.4 is 4.74 Å². The van der Waals surface area contributed by atoms with Crippen LogP contribution in [0.5, 0.6) is 5.75 Å². The summed E-state index contributed by atoms with van der Waals surface area (Å²) in [4.78, 5) is 8.45. The first-order valence-corrected chi connectivity index (χ1v) is 11.3. The fourth-order valence-corrected chi connectivity index (χ4v) is 1.48. The number of nitrogens with zero attached hydrogens (tertiary/aromatic N) is 2. The van der Waals surface area contributed by atoms with Crippen LogP contribution in [0.15, 0.2) is 36.7 Å². The Kier molecular flexibility index (Phi) is 9.55. The van der Waals surface area contributed by atoms with Gasteiger partial charge in [0.05, 0.1) is 18.0 Å². The quantitative estimate of drug-likeness (QED) is 0.625. The van der Waals surface area contributed by atoms with E-state index >= 15 is 0 Å². The first kappa shape index (κ1) is 18.3. The zero-order valence-electron chi connectivity index (χ0n) is 11.1. The number of rotatable bonds is 5. The SMILES string of the molecule is COCOc1ccnc(-c2cc(CO)ccn2)c1.[Cl][Pt][Cl]. The minimum absolute atomic E-state index is 0.0185. The average molecular weight is 512 g/mol. The summed E-state index contributed by atoms with van der Waals surface area (Å²) in [5.41, 5.74) is 2.19. The number of methoxy groups -OCH3 is 1. The first-order chi connectivity index (χ1) is 10.2. The predicted molar refractivity (Wildman–Crippen MR) is 77.6 cm³/mol. The Bertz CT molecular complexity index is 546. The van der Waals surface area contributed by atoms with Crippen LogP contribution in [0, 0.1) is 0 Å². The van der Waals surface area contributed by atoms with E-state index in [-0.39, 0.29) is 13.4 Å². The second-order valence-corrected chi connectivity index (χ2v) is 6.96. The van der Waals surface area contributed by atoms with E-state index in [1.165, 1.54) is 0 Å². The molecule has 2 heterocycles. The van der Waals surface area contributed by atoms with Crippen molar-refractivity contribution in [1.82, 2.24) is 9.97 Å². The molecule has 0 atom stereocenters. The molecule has 0 bridgehead atoms. The Hall–Kier alpha value is -0.712. The standard InChI is InChI=1S/C13H14N2O3.2ClH.Pt/c1-17-9-18-11-3-5-15-13(7-11)12-6-10(8-16)2-4-14-12;;;/h2-7,16H,8-9H2,1H3;2*1H;/q;;;+2/p-2. The van der Waals surface area contributed by atoms with Gasteiger partial charge in [-0.3, -0.25) is 9.97 Å². The van der Waals surface area contributed by atoms with Gasteiger partial charge in [-0.25, -0.2) is 0 Å². The molecule has 2 rings (SSSR count). The maximum absolute atomic E-state index is 9.09. The van der Waals surface area contributed by atoms with Crippen molar-refractivity contribution in [2.24, 2.45) is 0 Å². The minimum atomic E-state index is -0.472. The number of aliphatic hydroxyl groups excluding tert-OH is 1. The molecule has 0 aliphatic heterocycles. The van der Waals surface area contributed by atoms with Crippen LogP contribution >= 0.6 is 18.8 Å². The van der Waals surface area contributed by atoms with Crippen molar-refractivity contribution in [3.8, 4) is 17.1 Å². The molecule has 0 unspecified atom stereocenters. The molecule has 0 radical (unpaired) electrons. The molecule has 0 amide bonds. The van der Waals surface area contributed by atoms with Crippen LogP contribution in [0.4, 0.5) is 0 Å². The van der Waals surface area contributed by atoms with Gasteiger partial charge in [-0.1, -0.05) is 0 Å². The summed E-state index contributed by atoms with van der Waals surface area (Å²) in [7, 11) is 11.3. The molecule has 0 saturated heterocycles. The average Bonchev–Trinajstić information content (AvgIpc) is 2.54. The van der Waals surface area contributed by atoms with Crippen molar-refractivity contribution in [3.63, 3.8) is 0 Å². The van der Waals surface area contributed by atoms with Gasteiger partial charge in [-0.05, 0) is 23.8 Å². The van der Waals surface area contributed by atoms with E-state index < -0.39 is 16.5 Å². The molecular weight excluding hydrogens is 498 g/mol. The summed E-state index contributed by atoms with van der Waals surface area (Å²) in [6, 6.07) is 7.08. The molecule has 0 aliphatic carbocycles. The molecule has 0 aliphatic rings. The van der Waals surface area contributed by atoms with Gasteiger partial charge in [0.15, 0.2) is 6.79 Å². The molecule has 0 spiro atoms. The van der Waals surface area contributed by atoms with Crippen molar-refractivity contribution in [2.75, 3.05) is 13.9 Å². The van der Waals surface area contributed by atoms with Gasteiger partial charge < -0.3 is 14.6 Å². The molecule has 2 aromatic rings. The molecule has 0 saturated carbocycles. The summed E-state index contributed by atoms with van der Waals surface area (Å²) in [5, 5.41) is 9.09. The van der Waals surface area contributed by atoms with Crippen molar-refractivity contribution in [2.45, 2.75) is 6.61 Å². The van der Waals surface area contributed by atoms with Gasteiger partial charge >= 0.3 is 35.3 Å². The number of hydrogen-bond acceptors (Lipinski definition) is 5. The number of ether oxygens (including phenoxy) is 2. The van der Waals surface area contributed by atoms with Crippen LogP contribution in [0.25, 0.3) is 11.4 Å². The van der Waals surface area contributed by atoms with Crippen molar-refractivity contribution < 1.29 is 31.1 Å². The Morgan fingerprint density at radius 3 is 2.38 bits per heavy atom. The third-order valence-electron chi connectivity index (χ3n) is 2.34. The van der Waals surface area contributed by atoms with E-state index in [1.54, 1.807) is 43.8 Å². The molecule has 8 heteroatoms. The van der Waals surface area contributed by atoms with E-state index in [2.05, 4.69) is 9.97 Å². The van der Waals surface area contributed by atoms with Gasteiger partial charge in [0.25, 0.3) is 0 Å². The van der Waals surface area contributed by atoms with Crippen LogP contribution in [-0.2, 0) is 27.8 Å². The van der Waals surface area contributed by atoms with Crippen molar-refractivity contribution in [1.29, 1.82) is 0 Å². The van der Waals surface area contributed by atoms with Crippen LogP contribution in [0.1, 0.15) is 5.56 Å². The van der Waals surface area contributed by atoms with Crippen molar-refractivity contribution >= 4 is 18.8 Å². The summed E-state index contributed by atoms with van der Waals surface area (Å²) >= 11 is -0.472. The van der Waals surface area contributed by atoms with Gasteiger partial charge in [0, 0.05) is 25.6 Å². The molecule has 0 fully saturated rings. The predicted octanol–water partition coefficient (Wildman–Crippen LogP) is 3.00. The van der Waals surface area contributed by atoms with Gasteiger partial charge in [-0.15, -0.1) is 0 Å². The van der Waals surface area contributed by atoms with E-state index in [9.17, 15) is 0 Å². The van der Waals surface area contributed by atoms with Gasteiger partial charge in [0.2, 0.25) is 0 Å². The topological polar surface area (TPSA) is 64.5 Å². The van der Waals surface area contributed by atoms with E-state index in [1.807, 2.05) is 0 Å². The maximum atomic E-state index is 9.09. The Balaban J connectivity index is 0.000000677. The molecule has 0 aromatic carbocycles. The van der Waals surface area contributed by atoms with Crippen molar-refractivity contribution in [3.05, 3.63) is 42.2 Å². The molecule has 21 heavy (non-hydrogen) atoms. The summed E-state index contributed by atoms with van der Waals surface area (Å²) in [6.07, 6.45) is 3.29. The number of aromatic nitrogens is 2. The summed E-state index contributed by atoms with van der Waals surface area (Å²) < 4.78 is 10.2. The van der Waals surface area contributed by atoms with Crippen LogP contribution in [0.2, 0.25) is 0 Å². The number of aliphatic hydroxyl groups is 1. The molecule has 2 aromatic heterocycles. The van der Waals surface area contributed by atoms with Gasteiger partial charge in [0.1, 0.15) is 5.75 Å². The molecular formula is C13H14Cl2N2O3Pt. The number of halogens is 2. The molecule has 118 valence electrons. The van der Waals surface area contributed by atoms with E-state index in [0.717, 1.165) is 5.56 Å². The Labute approximate surface area is 139 Å². The second kappa shape index (κ2) is 10.9. The van der Waals surface area contributed by atoms with Gasteiger partial charge in [-0.2, -0.15) is 0 Å². The zero-order chi connectivity index (χ0) is 15.5. The second-order valence-electron chi connectivity index (χ2n) is 3.68. The summed E-state index contributed by atoms with van der Waals surface area (Å²) in [6.45, 7) is 0.170. The summed E-state index contributed by atoms with van der Waals surface area (Å²) in [5.74, 6) is 0.665. The normalized spacial score (nSPS) is 9.90. The third kappa shape index (κ3) is 6.72. The molecule has 1 N–H and O–H groups in total. The Morgan fingerprint density at radius 1 is 1.14 bits per heavy atom. The number of pyridine rings is 2. The third-order valence-corrected chi connectivity index (χ3v) is 2.34. The zero-order valence-corrected chi connectivity index (χ0v) is 14.9. The van der Waals surface area contributed by atoms with Crippen LogP contribution in [-0.4, -0.2) is 29.0 Å². The number of hydrogen-bond donors (Lipinski definition) is 1. The monoisotopic (exact) mass is 511 g/mol. The fourth-order valence-electron chi connectivity index (χ4n) is 1.48. The van der Waals surface area contributed by atoms with Crippen LogP contribution in [0.3, 0.4) is 0 Å².